The fourth-order valence-corrected chi connectivity index (χ4v) is 4.10. The van der Waals surface area contributed by atoms with Crippen LogP contribution in [0.4, 0.5) is 15.9 Å². The number of piperazine rings is 1. The van der Waals surface area contributed by atoms with Crippen molar-refractivity contribution in [2.75, 3.05) is 43.1 Å². The summed E-state index contributed by atoms with van der Waals surface area (Å²) >= 11 is 0. The second kappa shape index (κ2) is 7.45. The normalized spacial score (nSPS) is 22.2. The molecular formula is C22H25FN8. The van der Waals surface area contributed by atoms with Gasteiger partial charge in [-0.3, -0.25) is 5.73 Å². The van der Waals surface area contributed by atoms with Gasteiger partial charge in [-0.1, -0.05) is 30.3 Å². The van der Waals surface area contributed by atoms with Crippen LogP contribution >= 0.6 is 0 Å². The number of halogens is 1. The maximum atomic E-state index is 15.0. The number of anilines is 2. The number of pyridine rings is 1. The minimum absolute atomic E-state index is 0.162. The Balaban J connectivity index is 1.44. The fourth-order valence-electron chi connectivity index (χ4n) is 4.10. The molecule has 1 fully saturated rings. The first-order valence-electron chi connectivity index (χ1n) is 10.2. The Kier molecular flexibility index (Phi) is 4.73. The Bertz CT molecular complexity index is 1150. The van der Waals surface area contributed by atoms with E-state index < -0.39 is 5.79 Å². The van der Waals surface area contributed by atoms with Gasteiger partial charge in [-0.2, -0.15) is 5.43 Å². The van der Waals surface area contributed by atoms with Crippen LogP contribution in [0.3, 0.4) is 0 Å². The molecule has 2 aliphatic rings. The minimum Gasteiger partial charge on any atom is -0.368 e. The molecule has 0 radical (unpaired) electrons. The number of hydrogen-bond acceptors (Lipinski definition) is 8. The average Bonchev–Trinajstić information content (AvgIpc) is 3.09. The maximum Gasteiger partial charge on any atom is 0.215 e. The molecule has 9 heteroatoms. The highest BCUT2D eigenvalue weighted by atomic mass is 19.1. The van der Waals surface area contributed by atoms with E-state index in [-0.39, 0.29) is 11.8 Å². The van der Waals surface area contributed by atoms with Crippen LogP contribution in [0, 0.1) is 5.82 Å². The Morgan fingerprint density at radius 2 is 1.84 bits per heavy atom. The van der Waals surface area contributed by atoms with Crippen LogP contribution in [-0.2, 0) is 5.79 Å². The van der Waals surface area contributed by atoms with E-state index in [2.05, 4.69) is 27.3 Å². The van der Waals surface area contributed by atoms with Crippen molar-refractivity contribution >= 4 is 28.2 Å². The number of nitrogens with zero attached hydrogens (tertiary/aromatic N) is 5. The molecule has 0 saturated carbocycles. The van der Waals surface area contributed by atoms with Crippen molar-refractivity contribution in [2.45, 2.75) is 5.79 Å². The lowest BCUT2D eigenvalue weighted by Crippen LogP contribution is -2.53. The number of nitrogens with two attached hydrogens (primary N) is 2. The van der Waals surface area contributed by atoms with E-state index in [4.69, 9.17) is 11.5 Å². The van der Waals surface area contributed by atoms with Crippen LogP contribution in [0.1, 0.15) is 5.56 Å². The van der Waals surface area contributed by atoms with Crippen molar-refractivity contribution in [1.29, 1.82) is 0 Å². The second-order valence-electron chi connectivity index (χ2n) is 8.00. The van der Waals surface area contributed by atoms with E-state index in [9.17, 15) is 0 Å². The van der Waals surface area contributed by atoms with E-state index in [0.717, 1.165) is 37.0 Å². The summed E-state index contributed by atoms with van der Waals surface area (Å²) in [6.45, 7) is 3.36. The third-order valence-corrected chi connectivity index (χ3v) is 5.90. The summed E-state index contributed by atoms with van der Waals surface area (Å²) in [5.41, 5.74) is 16.9. The number of likely N-dealkylation sites (N-methyl/N-ethyl adjacent to an activating group) is 1. The molecule has 5 N–H and O–H groups in total. The molecule has 160 valence electrons. The molecule has 1 saturated heterocycles. The summed E-state index contributed by atoms with van der Waals surface area (Å²) in [5.74, 6) is -0.982. The molecule has 0 bridgehead atoms. The number of aromatic nitrogens is 1. The zero-order valence-corrected chi connectivity index (χ0v) is 17.3. The first-order chi connectivity index (χ1) is 14.9. The van der Waals surface area contributed by atoms with Crippen molar-refractivity contribution in [3.8, 4) is 0 Å². The Hall–Kier alpha value is -3.27. The minimum atomic E-state index is -1.40. The van der Waals surface area contributed by atoms with Gasteiger partial charge in [-0.15, -0.1) is 0 Å². The summed E-state index contributed by atoms with van der Waals surface area (Å²) in [6.07, 6.45) is 1.70. The summed E-state index contributed by atoms with van der Waals surface area (Å²) in [4.78, 5) is 13.1. The smallest absolute Gasteiger partial charge is 0.215 e. The van der Waals surface area contributed by atoms with E-state index in [1.807, 2.05) is 35.2 Å². The molecule has 0 aliphatic carbocycles. The molecule has 3 aromatic rings. The van der Waals surface area contributed by atoms with Gasteiger partial charge in [0.2, 0.25) is 11.7 Å². The maximum absolute atomic E-state index is 15.0. The lowest BCUT2D eigenvalue weighted by Gasteiger charge is -2.34. The molecular weight excluding hydrogens is 395 g/mol. The van der Waals surface area contributed by atoms with Gasteiger partial charge in [0, 0.05) is 43.3 Å². The first-order valence-corrected chi connectivity index (χ1v) is 10.2. The number of hydrogen-bond donors (Lipinski definition) is 3. The number of nitrogens with one attached hydrogen (secondary N) is 1. The van der Waals surface area contributed by atoms with Crippen molar-refractivity contribution in [3.63, 3.8) is 0 Å². The highest BCUT2D eigenvalue weighted by molar-refractivity contribution is 6.03. The van der Waals surface area contributed by atoms with Crippen LogP contribution in [0.15, 0.2) is 59.7 Å². The number of guanidine groups is 1. The first kappa shape index (κ1) is 19.7. The van der Waals surface area contributed by atoms with Gasteiger partial charge < -0.3 is 15.5 Å². The van der Waals surface area contributed by atoms with E-state index in [1.54, 1.807) is 23.3 Å². The number of hydrazine groups is 1. The lowest BCUT2D eigenvalue weighted by molar-refractivity contribution is 0.311. The van der Waals surface area contributed by atoms with Crippen LogP contribution in [0.5, 0.6) is 0 Å². The average molecular weight is 420 g/mol. The number of fused-ring (bicyclic) bond motifs is 1. The van der Waals surface area contributed by atoms with Gasteiger partial charge in [0.1, 0.15) is 5.82 Å². The van der Waals surface area contributed by atoms with Crippen molar-refractivity contribution < 1.29 is 4.39 Å². The summed E-state index contributed by atoms with van der Waals surface area (Å²) < 4.78 is 15.0. The highest BCUT2D eigenvalue weighted by Gasteiger charge is 2.38. The molecule has 2 aromatic carbocycles. The molecule has 5 rings (SSSR count). The number of aliphatic imine (C=N–C) groups is 1. The van der Waals surface area contributed by atoms with Crippen LogP contribution in [0.25, 0.3) is 10.8 Å². The largest absolute Gasteiger partial charge is 0.368 e. The molecule has 8 nitrogen and oxygen atoms in total. The van der Waals surface area contributed by atoms with E-state index in [1.165, 1.54) is 6.07 Å². The molecule has 2 aliphatic heterocycles. The predicted octanol–water partition coefficient (Wildman–Crippen LogP) is 1.53. The summed E-state index contributed by atoms with van der Waals surface area (Å²) in [5, 5.41) is 3.46. The van der Waals surface area contributed by atoms with Gasteiger partial charge in [-0.05, 0) is 30.6 Å². The van der Waals surface area contributed by atoms with E-state index in [0.29, 0.717) is 17.1 Å². The van der Waals surface area contributed by atoms with E-state index >= 15 is 4.39 Å². The van der Waals surface area contributed by atoms with Crippen LogP contribution in [0.2, 0.25) is 0 Å². The third-order valence-electron chi connectivity index (χ3n) is 5.90. The Morgan fingerprint density at radius 3 is 2.61 bits per heavy atom. The zero-order valence-electron chi connectivity index (χ0n) is 17.3. The lowest BCUT2D eigenvalue weighted by atomic mass is 10.1. The number of rotatable bonds is 3. The third kappa shape index (κ3) is 3.46. The van der Waals surface area contributed by atoms with Crippen LogP contribution < -0.4 is 26.8 Å². The van der Waals surface area contributed by atoms with Gasteiger partial charge in [0.25, 0.3) is 0 Å². The fraction of sp³-hybridized carbons (Fsp3) is 0.273. The summed E-state index contributed by atoms with van der Waals surface area (Å²) in [7, 11) is 2.07. The Morgan fingerprint density at radius 1 is 1.06 bits per heavy atom. The van der Waals surface area contributed by atoms with Crippen molar-refractivity contribution in [2.24, 2.45) is 16.5 Å². The van der Waals surface area contributed by atoms with Gasteiger partial charge in [0.05, 0.1) is 5.69 Å². The molecule has 3 heterocycles. The topological polar surface area (TPSA) is 99.0 Å². The molecule has 1 unspecified atom stereocenters. The van der Waals surface area contributed by atoms with Crippen LogP contribution in [-0.4, -0.2) is 49.1 Å². The SMILES string of the molecule is CN1CCN(c2ccc(C3(N)N=C(N)N(c4nccc5ccccc45)N3)cc2F)CC1. The molecule has 0 amide bonds. The monoisotopic (exact) mass is 420 g/mol. The molecule has 1 aromatic heterocycles. The Labute approximate surface area is 179 Å². The predicted molar refractivity (Wildman–Crippen MR) is 121 cm³/mol. The van der Waals surface area contributed by atoms with Gasteiger partial charge >= 0.3 is 0 Å². The van der Waals surface area contributed by atoms with Gasteiger partial charge in [0.15, 0.2) is 5.82 Å². The van der Waals surface area contributed by atoms with Crippen molar-refractivity contribution in [1.82, 2.24) is 15.3 Å². The van der Waals surface area contributed by atoms with Gasteiger partial charge in [-0.25, -0.2) is 19.4 Å². The standard InChI is InChI=1S/C22H25FN8/c1-29-10-12-30(13-11-29)19-7-6-16(14-18(19)23)22(25)27-21(24)31(28-22)20-17-5-3-2-4-15(17)8-9-26-20/h2-9,14,28H,10-13,25H2,1H3,(H2,24,27). The van der Waals surface area contributed by atoms with Crippen molar-refractivity contribution in [3.05, 3.63) is 66.1 Å². The quantitative estimate of drug-likeness (QED) is 0.591. The molecule has 31 heavy (non-hydrogen) atoms. The number of benzene rings is 2. The zero-order chi connectivity index (χ0) is 21.6. The molecule has 0 spiro atoms. The summed E-state index contributed by atoms with van der Waals surface area (Å²) in [6, 6.07) is 14.7. The second-order valence-corrected chi connectivity index (χ2v) is 8.00. The highest BCUT2D eigenvalue weighted by Crippen LogP contribution is 2.31. The molecule has 1 atom stereocenters.